The number of aliphatic carboxylic acids is 1. The molecule has 0 radical (unpaired) electrons. The van der Waals surface area contributed by atoms with Gasteiger partial charge < -0.3 is 9.84 Å². The third-order valence-electron chi connectivity index (χ3n) is 4.18. The van der Waals surface area contributed by atoms with E-state index < -0.39 is 20.6 Å². The first-order valence-electron chi connectivity index (χ1n) is 7.52. The van der Waals surface area contributed by atoms with Gasteiger partial charge in [-0.3, -0.25) is 4.79 Å². The number of ether oxygens (including phenoxy) is 1. The summed E-state index contributed by atoms with van der Waals surface area (Å²) in [5.74, 6) is -0.806. The molecule has 5 nitrogen and oxygen atoms in total. The molecule has 0 fully saturated rings. The zero-order valence-electron chi connectivity index (χ0n) is 14.0. The molecule has 0 heterocycles. The molecule has 0 bridgehead atoms. The number of hydrogen-bond donors (Lipinski definition) is 1. The van der Waals surface area contributed by atoms with E-state index in [0.717, 1.165) is 12.0 Å². The fraction of sp³-hybridized carbons (Fsp3) is 0.471. The minimum atomic E-state index is -4.04. The van der Waals surface area contributed by atoms with Gasteiger partial charge in [-0.2, -0.15) is 0 Å². The summed E-state index contributed by atoms with van der Waals surface area (Å²) in [6.45, 7) is 5.39. The highest BCUT2D eigenvalue weighted by molar-refractivity contribution is 7.93. The molecule has 1 atom stereocenters. The number of hydrogen-bond acceptors (Lipinski definition) is 4. The van der Waals surface area contributed by atoms with Gasteiger partial charge in [-0.1, -0.05) is 25.5 Å². The van der Waals surface area contributed by atoms with Crippen molar-refractivity contribution in [3.05, 3.63) is 35.9 Å². The maximum absolute atomic E-state index is 13.0. The highest BCUT2D eigenvalue weighted by atomic mass is 32.2. The maximum atomic E-state index is 13.0. The van der Waals surface area contributed by atoms with Crippen LogP contribution in [0.1, 0.15) is 40.0 Å². The van der Waals surface area contributed by atoms with Crippen molar-refractivity contribution in [2.45, 2.75) is 49.7 Å². The van der Waals surface area contributed by atoms with E-state index in [1.807, 2.05) is 13.8 Å². The van der Waals surface area contributed by atoms with Crippen LogP contribution in [-0.4, -0.2) is 31.4 Å². The largest absolute Gasteiger partial charge is 0.497 e. The minimum absolute atomic E-state index is 0.00917. The smallest absolute Gasteiger partial charge is 0.325 e. The third kappa shape index (κ3) is 3.75. The molecule has 0 saturated heterocycles. The van der Waals surface area contributed by atoms with Gasteiger partial charge >= 0.3 is 5.97 Å². The van der Waals surface area contributed by atoms with Crippen LogP contribution in [0.2, 0.25) is 0 Å². The van der Waals surface area contributed by atoms with Gasteiger partial charge in [-0.05, 0) is 50.5 Å². The van der Waals surface area contributed by atoms with Crippen molar-refractivity contribution >= 4 is 15.8 Å². The quantitative estimate of drug-likeness (QED) is 0.733. The fourth-order valence-electron chi connectivity index (χ4n) is 2.26. The normalized spacial score (nSPS) is 15.0. The van der Waals surface area contributed by atoms with Crippen LogP contribution in [0.3, 0.4) is 0 Å². The number of carbonyl (C=O) groups is 1. The van der Waals surface area contributed by atoms with Crippen molar-refractivity contribution in [1.82, 2.24) is 0 Å². The van der Waals surface area contributed by atoms with Crippen LogP contribution in [0.25, 0.3) is 0 Å². The lowest BCUT2D eigenvalue weighted by molar-refractivity contribution is -0.140. The summed E-state index contributed by atoms with van der Waals surface area (Å²) in [5, 5.41) is 9.67. The summed E-state index contributed by atoms with van der Waals surface area (Å²) in [4.78, 5) is 11.9. The number of carboxylic acid groups (broad SMARTS) is 1. The van der Waals surface area contributed by atoms with Gasteiger partial charge in [0.05, 0.1) is 12.0 Å². The lowest BCUT2D eigenvalue weighted by Gasteiger charge is -2.27. The molecule has 1 aromatic rings. The predicted molar refractivity (Wildman–Crippen MR) is 89.5 cm³/mol. The Kier molecular flexibility index (Phi) is 6.38. The molecule has 23 heavy (non-hydrogen) atoms. The second kappa shape index (κ2) is 7.64. The molecule has 0 aliphatic carbocycles. The first kappa shape index (κ1) is 19.2. The predicted octanol–water partition coefficient (Wildman–Crippen LogP) is 3.45. The van der Waals surface area contributed by atoms with Crippen LogP contribution >= 0.6 is 0 Å². The van der Waals surface area contributed by atoms with E-state index in [4.69, 9.17) is 4.74 Å². The van der Waals surface area contributed by atoms with E-state index in [1.165, 1.54) is 31.4 Å². The molecule has 0 saturated carbocycles. The van der Waals surface area contributed by atoms with Crippen molar-refractivity contribution in [3.63, 3.8) is 0 Å². The standard InChI is InChI=1S/C17H24O5S/c1-5-13(3)11-12-17(6-2,16(18)19)23(20,21)15-9-7-14(22-4)8-10-15/h7-11H,5-6,12H2,1-4H3,(H,18,19). The molecule has 0 amide bonds. The molecular formula is C17H24O5S. The van der Waals surface area contributed by atoms with Crippen LogP contribution in [0.4, 0.5) is 0 Å². The Labute approximate surface area is 137 Å². The first-order chi connectivity index (χ1) is 10.7. The van der Waals surface area contributed by atoms with Crippen molar-refractivity contribution in [3.8, 4) is 5.75 Å². The van der Waals surface area contributed by atoms with E-state index >= 15 is 0 Å². The molecule has 1 N–H and O–H groups in total. The van der Waals surface area contributed by atoms with Gasteiger partial charge in [0.25, 0.3) is 0 Å². The topological polar surface area (TPSA) is 80.7 Å². The maximum Gasteiger partial charge on any atom is 0.325 e. The van der Waals surface area contributed by atoms with Crippen molar-refractivity contribution in [1.29, 1.82) is 0 Å². The summed E-state index contributed by atoms with van der Waals surface area (Å²) in [6, 6.07) is 5.81. The van der Waals surface area contributed by atoms with Gasteiger partial charge in [-0.25, -0.2) is 8.42 Å². The monoisotopic (exact) mass is 340 g/mol. The third-order valence-corrected chi connectivity index (χ3v) is 6.73. The Balaban J connectivity index is 3.41. The van der Waals surface area contributed by atoms with Crippen LogP contribution in [-0.2, 0) is 14.6 Å². The molecule has 0 aromatic heterocycles. The molecule has 0 spiro atoms. The number of methoxy groups -OCH3 is 1. The zero-order valence-corrected chi connectivity index (χ0v) is 14.8. The van der Waals surface area contributed by atoms with Crippen LogP contribution in [0, 0.1) is 0 Å². The molecule has 6 heteroatoms. The summed E-state index contributed by atoms with van der Waals surface area (Å²) in [6.07, 6.45) is 2.40. The van der Waals surface area contributed by atoms with Gasteiger partial charge in [-0.15, -0.1) is 0 Å². The Bertz CT molecular complexity index is 673. The number of allylic oxidation sites excluding steroid dienone is 2. The Morgan fingerprint density at radius 1 is 1.26 bits per heavy atom. The summed E-state index contributed by atoms with van der Waals surface area (Å²) in [5.41, 5.74) is 0.967. The van der Waals surface area contributed by atoms with Gasteiger partial charge in [0, 0.05) is 0 Å². The highest BCUT2D eigenvalue weighted by Gasteiger charge is 2.49. The average molecular weight is 340 g/mol. The van der Waals surface area contributed by atoms with Crippen molar-refractivity contribution in [2.24, 2.45) is 0 Å². The molecule has 128 valence electrons. The van der Waals surface area contributed by atoms with E-state index in [1.54, 1.807) is 13.0 Å². The molecule has 0 aliphatic heterocycles. The zero-order chi connectivity index (χ0) is 17.7. The summed E-state index contributed by atoms with van der Waals surface area (Å²) < 4.78 is 29.1. The highest BCUT2D eigenvalue weighted by Crippen LogP contribution is 2.34. The number of rotatable bonds is 8. The average Bonchev–Trinajstić information content (AvgIpc) is 2.54. The lowest BCUT2D eigenvalue weighted by atomic mass is 9.99. The summed E-state index contributed by atoms with van der Waals surface area (Å²) >= 11 is 0. The van der Waals surface area contributed by atoms with Crippen molar-refractivity contribution in [2.75, 3.05) is 7.11 Å². The van der Waals surface area contributed by atoms with E-state index in [0.29, 0.717) is 5.75 Å². The second-order valence-corrected chi connectivity index (χ2v) is 7.70. The number of carboxylic acids is 1. The lowest BCUT2D eigenvalue weighted by Crippen LogP contribution is -2.45. The van der Waals surface area contributed by atoms with Gasteiger partial charge in [0.15, 0.2) is 14.6 Å². The minimum Gasteiger partial charge on any atom is -0.497 e. The first-order valence-corrected chi connectivity index (χ1v) is 9.01. The van der Waals surface area contributed by atoms with Gasteiger partial charge in [0.2, 0.25) is 0 Å². The van der Waals surface area contributed by atoms with E-state index in [9.17, 15) is 18.3 Å². The molecule has 1 aromatic carbocycles. The fourth-order valence-corrected chi connectivity index (χ4v) is 4.12. The summed E-state index contributed by atoms with van der Waals surface area (Å²) in [7, 11) is -2.56. The molecule has 0 aliphatic rings. The molecule has 1 rings (SSSR count). The Morgan fingerprint density at radius 3 is 2.22 bits per heavy atom. The molecular weight excluding hydrogens is 316 g/mol. The number of benzene rings is 1. The van der Waals surface area contributed by atoms with E-state index in [2.05, 4.69) is 0 Å². The Hall–Kier alpha value is -1.82. The SMILES string of the molecule is CCC(C)=CCC(CC)(C(=O)O)S(=O)(=O)c1ccc(OC)cc1. The molecule has 1 unspecified atom stereocenters. The Morgan fingerprint density at radius 2 is 1.83 bits per heavy atom. The van der Waals surface area contributed by atoms with Crippen LogP contribution in [0.15, 0.2) is 40.8 Å². The van der Waals surface area contributed by atoms with Crippen molar-refractivity contribution < 1.29 is 23.1 Å². The van der Waals surface area contributed by atoms with Crippen LogP contribution < -0.4 is 4.74 Å². The number of sulfone groups is 1. The van der Waals surface area contributed by atoms with E-state index in [-0.39, 0.29) is 17.7 Å². The van der Waals surface area contributed by atoms with Gasteiger partial charge in [0.1, 0.15) is 5.75 Å². The second-order valence-electron chi connectivity index (χ2n) is 5.44. The van der Waals surface area contributed by atoms with Crippen LogP contribution in [0.5, 0.6) is 5.75 Å².